The van der Waals surface area contributed by atoms with Crippen molar-refractivity contribution in [2.45, 2.75) is 12.5 Å². The van der Waals surface area contributed by atoms with Gasteiger partial charge in [0.1, 0.15) is 11.3 Å². The lowest BCUT2D eigenvalue weighted by atomic mass is 9.92. The van der Waals surface area contributed by atoms with Gasteiger partial charge in [0.25, 0.3) is 5.91 Å². The van der Waals surface area contributed by atoms with Crippen LogP contribution in [0.4, 0.5) is 4.79 Å². The summed E-state index contributed by atoms with van der Waals surface area (Å²) in [6.45, 7) is 1.67. The van der Waals surface area contributed by atoms with Gasteiger partial charge in [0, 0.05) is 0 Å². The molecule has 1 saturated heterocycles. The van der Waals surface area contributed by atoms with Crippen LogP contribution in [0.5, 0.6) is 5.75 Å². The normalized spacial score (nSPS) is 18.7. The summed E-state index contributed by atoms with van der Waals surface area (Å²) in [6.07, 6.45) is 1.51. The summed E-state index contributed by atoms with van der Waals surface area (Å²) in [4.78, 5) is 25.4. The van der Waals surface area contributed by atoms with Crippen molar-refractivity contribution in [1.29, 1.82) is 0 Å². The molecule has 150 valence electrons. The molecule has 1 N–H and O–H groups in total. The van der Waals surface area contributed by atoms with E-state index in [1.165, 1.54) is 6.21 Å². The molecule has 3 aromatic rings. The van der Waals surface area contributed by atoms with Gasteiger partial charge in [0.15, 0.2) is 0 Å². The lowest BCUT2D eigenvalue weighted by Gasteiger charge is -2.21. The van der Waals surface area contributed by atoms with Gasteiger partial charge in [0.05, 0.1) is 13.3 Å². The largest absolute Gasteiger partial charge is 0.497 e. The molecule has 0 radical (unpaired) electrons. The Morgan fingerprint density at radius 3 is 2.17 bits per heavy atom. The minimum absolute atomic E-state index is 0.435. The second-order valence-corrected chi connectivity index (χ2v) is 7.13. The van der Waals surface area contributed by atoms with E-state index in [9.17, 15) is 9.59 Å². The van der Waals surface area contributed by atoms with E-state index in [1.807, 2.05) is 54.6 Å². The number of nitrogens with zero attached hydrogens (tertiary/aromatic N) is 2. The van der Waals surface area contributed by atoms with Crippen molar-refractivity contribution in [2.24, 2.45) is 5.10 Å². The third kappa shape index (κ3) is 3.55. The minimum atomic E-state index is -1.18. The zero-order valence-electron chi connectivity index (χ0n) is 16.7. The molecule has 4 rings (SSSR count). The fourth-order valence-corrected chi connectivity index (χ4v) is 3.37. The summed E-state index contributed by atoms with van der Waals surface area (Å²) in [5.41, 5.74) is 2.46. The maximum absolute atomic E-state index is 13.0. The second-order valence-electron chi connectivity index (χ2n) is 7.13. The smallest absolute Gasteiger partial charge is 0.346 e. The fraction of sp³-hybridized carbons (Fsp3) is 0.125. The highest BCUT2D eigenvalue weighted by Gasteiger charge is 2.49. The Balaban J connectivity index is 1.52. The Labute approximate surface area is 174 Å². The molecule has 3 amide bonds. The third-order valence-electron chi connectivity index (χ3n) is 5.18. The Bertz CT molecular complexity index is 1090. The maximum atomic E-state index is 13.0. The number of urea groups is 1. The average molecular weight is 399 g/mol. The molecule has 1 unspecified atom stereocenters. The number of ether oxygens (including phenoxy) is 1. The molecule has 6 nitrogen and oxygen atoms in total. The number of rotatable bonds is 5. The van der Waals surface area contributed by atoms with E-state index in [4.69, 9.17) is 4.74 Å². The Morgan fingerprint density at radius 2 is 1.53 bits per heavy atom. The summed E-state index contributed by atoms with van der Waals surface area (Å²) in [7, 11) is 1.57. The van der Waals surface area contributed by atoms with E-state index >= 15 is 0 Å². The van der Waals surface area contributed by atoms with Crippen molar-refractivity contribution in [3.8, 4) is 16.9 Å². The second kappa shape index (κ2) is 7.83. The average Bonchev–Trinajstić information content (AvgIpc) is 3.02. The van der Waals surface area contributed by atoms with Crippen LogP contribution >= 0.6 is 0 Å². The van der Waals surface area contributed by atoms with Gasteiger partial charge >= 0.3 is 6.03 Å². The number of carbonyl (C=O) groups excluding carboxylic acids is 2. The Kier molecular flexibility index (Phi) is 5.06. The molecular weight excluding hydrogens is 378 g/mol. The first-order valence-electron chi connectivity index (χ1n) is 9.52. The van der Waals surface area contributed by atoms with Crippen LogP contribution in [-0.2, 0) is 10.3 Å². The van der Waals surface area contributed by atoms with Gasteiger partial charge in [-0.3, -0.25) is 4.79 Å². The molecule has 0 aromatic heterocycles. The quantitative estimate of drug-likeness (QED) is 0.517. The lowest BCUT2D eigenvalue weighted by Crippen LogP contribution is -2.40. The van der Waals surface area contributed by atoms with Crippen LogP contribution in [0.15, 0.2) is 84.0 Å². The van der Waals surface area contributed by atoms with Crippen LogP contribution in [0.3, 0.4) is 0 Å². The topological polar surface area (TPSA) is 71.0 Å². The van der Waals surface area contributed by atoms with Gasteiger partial charge in [-0.2, -0.15) is 5.10 Å². The molecule has 30 heavy (non-hydrogen) atoms. The first-order chi connectivity index (χ1) is 14.5. The summed E-state index contributed by atoms with van der Waals surface area (Å²) in [5, 5.41) is 7.74. The molecule has 0 spiro atoms. The highest BCUT2D eigenvalue weighted by atomic mass is 16.5. The van der Waals surface area contributed by atoms with Crippen molar-refractivity contribution in [3.63, 3.8) is 0 Å². The molecule has 0 saturated carbocycles. The molecule has 1 atom stereocenters. The van der Waals surface area contributed by atoms with Crippen molar-refractivity contribution in [2.75, 3.05) is 7.11 Å². The Morgan fingerprint density at radius 1 is 0.900 bits per heavy atom. The van der Waals surface area contributed by atoms with Gasteiger partial charge in [0.2, 0.25) is 0 Å². The fourth-order valence-electron chi connectivity index (χ4n) is 3.37. The zero-order chi connectivity index (χ0) is 21.1. The first-order valence-corrected chi connectivity index (χ1v) is 9.52. The first kappa shape index (κ1) is 19.4. The van der Waals surface area contributed by atoms with Crippen LogP contribution in [-0.4, -0.2) is 30.3 Å². The standard InChI is InChI=1S/C24H21N3O3/c1-24(20-12-14-21(30-2)15-13-20)22(28)27(23(29)26-24)25-16-17-8-10-19(11-9-17)18-6-4-3-5-7-18/h3-16H,1-2H3,(H,26,29)/b25-16+. The summed E-state index contributed by atoms with van der Waals surface area (Å²) in [5.74, 6) is 0.239. The molecule has 1 heterocycles. The molecular formula is C24H21N3O3. The molecule has 0 bridgehead atoms. The highest BCUT2D eigenvalue weighted by Crippen LogP contribution is 2.30. The van der Waals surface area contributed by atoms with Crippen molar-refractivity contribution >= 4 is 18.2 Å². The highest BCUT2D eigenvalue weighted by molar-refractivity contribution is 6.07. The van der Waals surface area contributed by atoms with Crippen LogP contribution in [0.25, 0.3) is 11.1 Å². The van der Waals surface area contributed by atoms with Crippen molar-refractivity contribution < 1.29 is 14.3 Å². The van der Waals surface area contributed by atoms with E-state index < -0.39 is 17.5 Å². The maximum Gasteiger partial charge on any atom is 0.346 e. The van der Waals surface area contributed by atoms with Crippen LogP contribution in [0.2, 0.25) is 0 Å². The summed E-state index contributed by atoms with van der Waals surface area (Å²) >= 11 is 0. The van der Waals surface area contributed by atoms with E-state index in [0.717, 1.165) is 21.7 Å². The van der Waals surface area contributed by atoms with Crippen molar-refractivity contribution in [3.05, 3.63) is 90.0 Å². The van der Waals surface area contributed by atoms with Gasteiger partial charge in [-0.05, 0) is 41.3 Å². The van der Waals surface area contributed by atoms with Crippen LogP contribution in [0, 0.1) is 0 Å². The number of benzene rings is 3. The summed E-state index contributed by atoms with van der Waals surface area (Å²) < 4.78 is 5.15. The minimum Gasteiger partial charge on any atom is -0.497 e. The van der Waals surface area contributed by atoms with Crippen LogP contribution < -0.4 is 10.1 Å². The van der Waals surface area contributed by atoms with Crippen molar-refractivity contribution in [1.82, 2.24) is 10.3 Å². The number of hydrazone groups is 1. The number of carbonyl (C=O) groups is 2. The molecule has 6 heteroatoms. The predicted octanol–water partition coefficient (Wildman–Crippen LogP) is 4.16. The number of methoxy groups -OCH3 is 1. The molecule has 1 aliphatic heterocycles. The van der Waals surface area contributed by atoms with E-state index in [0.29, 0.717) is 11.3 Å². The lowest BCUT2D eigenvalue weighted by molar-refractivity contribution is -0.131. The third-order valence-corrected chi connectivity index (χ3v) is 5.18. The Hall–Kier alpha value is -3.93. The van der Waals surface area contributed by atoms with Gasteiger partial charge < -0.3 is 10.1 Å². The number of amides is 3. The molecule has 3 aromatic carbocycles. The predicted molar refractivity (Wildman–Crippen MR) is 115 cm³/mol. The van der Waals surface area contributed by atoms with Gasteiger partial charge in [-0.15, -0.1) is 5.01 Å². The van der Waals surface area contributed by atoms with Crippen LogP contribution in [0.1, 0.15) is 18.1 Å². The number of hydrogen-bond donors (Lipinski definition) is 1. The molecule has 1 aliphatic rings. The van der Waals surface area contributed by atoms with Gasteiger partial charge in [-0.1, -0.05) is 66.7 Å². The summed E-state index contributed by atoms with van der Waals surface area (Å²) in [6, 6.07) is 24.2. The number of hydrogen-bond acceptors (Lipinski definition) is 4. The van der Waals surface area contributed by atoms with E-state index in [1.54, 1.807) is 38.3 Å². The van der Waals surface area contributed by atoms with E-state index in [2.05, 4.69) is 10.4 Å². The SMILES string of the molecule is COc1ccc(C2(C)NC(=O)N(/N=C/c3ccc(-c4ccccc4)cc3)C2=O)cc1. The monoisotopic (exact) mass is 399 g/mol. The number of imide groups is 1. The molecule has 0 aliphatic carbocycles. The van der Waals surface area contributed by atoms with E-state index in [-0.39, 0.29) is 0 Å². The zero-order valence-corrected chi connectivity index (χ0v) is 16.7. The number of nitrogens with one attached hydrogen (secondary N) is 1. The molecule has 1 fully saturated rings. The van der Waals surface area contributed by atoms with Gasteiger partial charge in [-0.25, -0.2) is 4.79 Å².